The third-order valence-corrected chi connectivity index (χ3v) is 0. The van der Waals surface area contributed by atoms with Crippen molar-refractivity contribution >= 4 is 36.6 Å². The molecular formula is C6H12MoN6O12-6. The van der Waals surface area contributed by atoms with Crippen molar-refractivity contribution in [2.24, 2.45) is 34.4 Å². The van der Waals surface area contributed by atoms with Crippen LogP contribution in [0.15, 0.2) is 0 Å². The summed E-state index contributed by atoms with van der Waals surface area (Å²) in [5.74, 6) is 0. The molecule has 0 radical (unpaired) electrons. The van der Waals surface area contributed by atoms with E-state index < -0.39 is 36.6 Å². The Morgan fingerprint density at radius 3 is 0.360 bits per heavy atom. The fourth-order valence-corrected chi connectivity index (χ4v) is 0. The molecule has 0 aromatic heterocycles. The summed E-state index contributed by atoms with van der Waals surface area (Å²) in [5.41, 5.74) is 23.5. The number of hydrogen-bond acceptors (Lipinski definition) is 12. The first-order chi connectivity index (χ1) is 10.4. The van der Waals surface area contributed by atoms with Crippen molar-refractivity contribution in [1.82, 2.24) is 0 Å². The topological polar surface area (TPSA) is 397 Å². The van der Waals surface area contributed by atoms with Crippen molar-refractivity contribution in [1.29, 1.82) is 0 Å². The Hall–Kier alpha value is -3.69. The van der Waals surface area contributed by atoms with Crippen LogP contribution in [0.3, 0.4) is 0 Å². The van der Waals surface area contributed by atoms with Crippen LogP contribution in [0.1, 0.15) is 0 Å². The Kier molecular flexibility index (Phi) is 63.5. The minimum atomic E-state index is -1.58. The van der Waals surface area contributed by atoms with Crippen LogP contribution < -0.4 is 65.0 Å². The van der Waals surface area contributed by atoms with Crippen LogP contribution >= 0.6 is 0 Å². The van der Waals surface area contributed by atoms with E-state index in [4.69, 9.17) is 59.4 Å². The molecule has 0 saturated carbocycles. The van der Waals surface area contributed by atoms with E-state index in [-0.39, 0.29) is 21.1 Å². The van der Waals surface area contributed by atoms with Crippen LogP contribution in [0, 0.1) is 0 Å². The number of carboxylic acid groups (broad SMARTS) is 6. The molecular weight excluding hydrogens is 444 g/mol. The first kappa shape index (κ1) is 42.9. The van der Waals surface area contributed by atoms with E-state index >= 15 is 0 Å². The summed E-state index contributed by atoms with van der Waals surface area (Å²) < 4.78 is 0. The Morgan fingerprint density at radius 1 is 0.360 bits per heavy atom. The summed E-state index contributed by atoms with van der Waals surface area (Å²) in [6, 6.07) is 0. The Balaban J connectivity index is -0.0000000309. The summed E-state index contributed by atoms with van der Waals surface area (Å²) in [4.78, 5) is 52.0. The standard InChI is InChI=1S/6CH3NO2.Mo/c6*2-1(3)4;/h6*2H2,(H,3,4);/p-6. The van der Waals surface area contributed by atoms with Gasteiger partial charge >= 0.3 is 0 Å². The van der Waals surface area contributed by atoms with Crippen LogP contribution in [0.2, 0.25) is 0 Å². The van der Waals surface area contributed by atoms with E-state index in [1.165, 1.54) is 0 Å². The van der Waals surface area contributed by atoms with Gasteiger partial charge in [-0.15, -0.1) is 0 Å². The fourth-order valence-electron chi connectivity index (χ4n) is 0. The molecule has 0 unspecified atom stereocenters. The minimum Gasteiger partial charge on any atom is -0.530 e. The van der Waals surface area contributed by atoms with Gasteiger partial charge in [0, 0.05) is 21.1 Å². The normalized spacial score (nSPS) is 5.76. The minimum absolute atomic E-state index is 0. The van der Waals surface area contributed by atoms with Crippen LogP contribution in [0.4, 0.5) is 28.8 Å². The van der Waals surface area contributed by atoms with Crippen molar-refractivity contribution in [2.45, 2.75) is 0 Å². The predicted molar refractivity (Wildman–Crippen MR) is 57.5 cm³/mol. The molecule has 6 amide bonds. The molecule has 150 valence electrons. The average molecular weight is 456 g/mol. The number of nitrogens with two attached hydrogens (primary N) is 6. The van der Waals surface area contributed by atoms with Crippen LogP contribution in [0.25, 0.3) is 0 Å². The van der Waals surface area contributed by atoms with Crippen LogP contribution in [-0.2, 0) is 21.1 Å². The van der Waals surface area contributed by atoms with Gasteiger partial charge in [-0.2, -0.15) is 0 Å². The number of carbonyl (C=O) groups is 6. The summed E-state index contributed by atoms with van der Waals surface area (Å²) in [6.07, 6.45) is -9.50. The molecule has 0 rings (SSSR count). The van der Waals surface area contributed by atoms with Gasteiger partial charge in [-0.3, -0.25) is 0 Å². The smallest absolute Gasteiger partial charge is 0.131 e. The average Bonchev–Trinajstić information content (AvgIpc) is 2.08. The zero-order valence-electron chi connectivity index (χ0n) is 11.8. The zero-order chi connectivity index (χ0) is 21.5. The van der Waals surface area contributed by atoms with E-state index in [1.807, 2.05) is 0 Å². The Bertz CT molecular complexity index is 273. The molecule has 0 saturated heterocycles. The number of hydrogen-bond donors (Lipinski definition) is 6. The van der Waals surface area contributed by atoms with Crippen molar-refractivity contribution in [3.05, 3.63) is 0 Å². The molecule has 0 aliphatic rings. The molecule has 0 fully saturated rings. The summed E-state index contributed by atoms with van der Waals surface area (Å²) in [5, 5.41) is 52.0. The van der Waals surface area contributed by atoms with Gasteiger partial charge in [0.25, 0.3) is 0 Å². The van der Waals surface area contributed by atoms with Crippen molar-refractivity contribution in [2.75, 3.05) is 0 Å². The van der Waals surface area contributed by atoms with Gasteiger partial charge in [-0.25, -0.2) is 0 Å². The molecule has 0 aromatic carbocycles. The van der Waals surface area contributed by atoms with Gasteiger partial charge in [-0.1, -0.05) is 0 Å². The van der Waals surface area contributed by atoms with Crippen LogP contribution in [0.5, 0.6) is 0 Å². The van der Waals surface area contributed by atoms with Crippen LogP contribution in [-0.4, -0.2) is 36.6 Å². The maximum Gasteiger partial charge on any atom is 0.131 e. The SMILES string of the molecule is NC(=O)[O-].NC(=O)[O-].NC(=O)[O-].NC(=O)[O-].NC(=O)[O-].NC(=O)[O-].[Mo]. The second-order valence-corrected chi connectivity index (χ2v) is 1.91. The molecule has 0 aliphatic heterocycles. The van der Waals surface area contributed by atoms with E-state index in [1.54, 1.807) is 0 Å². The Morgan fingerprint density at radius 2 is 0.360 bits per heavy atom. The monoisotopic (exact) mass is 458 g/mol. The number of amides is 6. The number of primary amides is 6. The van der Waals surface area contributed by atoms with Gasteiger partial charge < -0.3 is 93.8 Å². The van der Waals surface area contributed by atoms with Gasteiger partial charge in [0.1, 0.15) is 36.6 Å². The van der Waals surface area contributed by atoms with Gasteiger partial charge in [0.2, 0.25) is 0 Å². The molecule has 0 aromatic rings. The third kappa shape index (κ3) is 499. The molecule has 18 nitrogen and oxygen atoms in total. The van der Waals surface area contributed by atoms with Gasteiger partial charge in [0.05, 0.1) is 0 Å². The molecule has 12 N–H and O–H groups in total. The molecule has 0 spiro atoms. The van der Waals surface area contributed by atoms with E-state index in [0.717, 1.165) is 0 Å². The molecule has 0 atom stereocenters. The molecule has 0 heterocycles. The second kappa shape index (κ2) is 37.0. The molecule has 0 bridgehead atoms. The van der Waals surface area contributed by atoms with E-state index in [2.05, 4.69) is 34.4 Å². The largest absolute Gasteiger partial charge is 0.530 e. The van der Waals surface area contributed by atoms with Gasteiger partial charge in [-0.05, 0) is 0 Å². The quantitative estimate of drug-likeness (QED) is 0.185. The van der Waals surface area contributed by atoms with E-state index in [0.29, 0.717) is 0 Å². The molecule has 25 heavy (non-hydrogen) atoms. The molecule has 0 aliphatic carbocycles. The van der Waals surface area contributed by atoms with E-state index in [9.17, 15) is 0 Å². The summed E-state index contributed by atoms with van der Waals surface area (Å²) >= 11 is 0. The maximum absolute atomic E-state index is 8.67. The summed E-state index contributed by atoms with van der Waals surface area (Å²) in [7, 11) is 0. The first-order valence-corrected chi connectivity index (χ1v) is 4.18. The Labute approximate surface area is 152 Å². The first-order valence-electron chi connectivity index (χ1n) is 4.18. The summed E-state index contributed by atoms with van der Waals surface area (Å²) in [6.45, 7) is 0. The van der Waals surface area contributed by atoms with Crippen molar-refractivity contribution in [3.63, 3.8) is 0 Å². The number of rotatable bonds is 0. The maximum atomic E-state index is 8.67. The predicted octanol–water partition coefficient (Wildman–Crippen LogP) is -10.3. The second-order valence-electron chi connectivity index (χ2n) is 1.91. The zero-order valence-corrected chi connectivity index (χ0v) is 13.8. The number of carbonyl (C=O) groups excluding carboxylic acids is 6. The third-order valence-electron chi connectivity index (χ3n) is 0. The molecule has 19 heteroatoms. The van der Waals surface area contributed by atoms with Crippen molar-refractivity contribution in [3.8, 4) is 0 Å². The van der Waals surface area contributed by atoms with Gasteiger partial charge in [0.15, 0.2) is 0 Å². The van der Waals surface area contributed by atoms with Crippen molar-refractivity contribution < 1.29 is 80.5 Å². The fraction of sp³-hybridized carbons (Fsp3) is 0.